The maximum absolute atomic E-state index is 14.2. The minimum atomic E-state index is -4.92. The lowest BCUT2D eigenvalue weighted by Crippen LogP contribution is -2.44. The number of hydrogen-bond donors (Lipinski definition) is 1. The smallest absolute Gasteiger partial charge is 0.444 e. The molecule has 3 aromatic rings. The van der Waals surface area contributed by atoms with Gasteiger partial charge in [-0.1, -0.05) is 41.7 Å². The van der Waals surface area contributed by atoms with Gasteiger partial charge in [0.25, 0.3) is 5.56 Å². The predicted molar refractivity (Wildman–Crippen MR) is 151 cm³/mol. The number of likely N-dealkylation sites (tertiary alicyclic amines) is 1. The van der Waals surface area contributed by atoms with Crippen molar-refractivity contribution >= 4 is 38.8 Å². The quantitative estimate of drug-likeness (QED) is 0.438. The van der Waals surface area contributed by atoms with Crippen molar-refractivity contribution < 1.29 is 27.5 Å². The molecule has 2 atom stereocenters. The van der Waals surface area contributed by atoms with Crippen molar-refractivity contribution in [2.24, 2.45) is 0 Å². The fourth-order valence-electron chi connectivity index (χ4n) is 5.37. The van der Waals surface area contributed by atoms with Gasteiger partial charge < -0.3 is 19.9 Å². The normalized spacial score (nSPS) is 19.5. The summed E-state index contributed by atoms with van der Waals surface area (Å²) >= 11 is 0.864. The van der Waals surface area contributed by atoms with Crippen molar-refractivity contribution in [3.8, 4) is 0 Å². The molecule has 0 spiro atoms. The van der Waals surface area contributed by atoms with E-state index in [1.54, 1.807) is 25.7 Å². The summed E-state index contributed by atoms with van der Waals surface area (Å²) in [4.78, 5) is 50.5. The molecule has 2 fully saturated rings. The number of carbonyl (C=O) groups excluding carboxylic acids is 2. The van der Waals surface area contributed by atoms with Crippen LogP contribution in [0.25, 0.3) is 10.3 Å². The molecule has 5 rings (SSSR count). The highest BCUT2D eigenvalue weighted by atomic mass is 32.1. The second-order valence-corrected chi connectivity index (χ2v) is 12.5. The van der Waals surface area contributed by atoms with Gasteiger partial charge in [-0.3, -0.25) is 14.2 Å². The Bertz CT molecular complexity index is 1520. The summed E-state index contributed by atoms with van der Waals surface area (Å²) < 4.78 is 48.6. The molecule has 0 radical (unpaired) electrons. The van der Waals surface area contributed by atoms with Gasteiger partial charge in [0.05, 0.1) is 6.04 Å². The maximum atomic E-state index is 14.2. The summed E-state index contributed by atoms with van der Waals surface area (Å²) in [6.45, 7) is 5.85. The number of hydrogen-bond acceptors (Lipinski definition) is 8. The van der Waals surface area contributed by atoms with Crippen LogP contribution in [0.4, 0.5) is 23.1 Å². The standard InChI is InChI=1S/C28H33F3N6O4S/c1-27(2,3)41-26(40)35-13-7-11-18(35)16-37-23(39)20-22(34-24(37)28(29,30)31)42-25(33-20)36-14-8-12-19(36)21(38)32-15-17-9-5-4-6-10-17/h4-6,9-10,18-19H,7-8,11-16H2,1-3H3,(H,32,38). The molecule has 2 aliphatic heterocycles. The Morgan fingerprint density at radius 2 is 1.79 bits per heavy atom. The average Bonchev–Trinajstić information content (AvgIpc) is 3.67. The number of nitrogens with zero attached hydrogens (tertiary/aromatic N) is 5. The summed E-state index contributed by atoms with van der Waals surface area (Å²) in [5.41, 5.74) is -0.968. The predicted octanol–water partition coefficient (Wildman–Crippen LogP) is 4.56. The summed E-state index contributed by atoms with van der Waals surface area (Å²) in [5.74, 6) is -1.56. The van der Waals surface area contributed by atoms with Crippen LogP contribution >= 0.6 is 11.3 Å². The Balaban J connectivity index is 1.42. The number of thiazole rings is 1. The van der Waals surface area contributed by atoms with E-state index in [2.05, 4.69) is 15.3 Å². The van der Waals surface area contributed by atoms with E-state index in [0.717, 1.165) is 16.9 Å². The molecule has 1 aromatic carbocycles. The number of alkyl halides is 3. The highest BCUT2D eigenvalue weighted by Crippen LogP contribution is 2.35. The number of halogens is 3. The lowest BCUT2D eigenvalue weighted by molar-refractivity contribution is -0.148. The minimum absolute atomic E-state index is 0.149. The number of anilines is 1. The fourth-order valence-corrected chi connectivity index (χ4v) is 6.38. The van der Waals surface area contributed by atoms with Gasteiger partial charge >= 0.3 is 12.3 Å². The monoisotopic (exact) mass is 606 g/mol. The zero-order valence-electron chi connectivity index (χ0n) is 23.6. The van der Waals surface area contributed by atoms with Crippen LogP contribution in [0.5, 0.6) is 0 Å². The molecule has 0 saturated carbocycles. The lowest BCUT2D eigenvalue weighted by atomic mass is 10.2. The first-order valence-corrected chi connectivity index (χ1v) is 14.7. The van der Waals surface area contributed by atoms with E-state index in [0.29, 0.717) is 49.9 Å². The number of rotatable bonds is 6. The number of aromatic nitrogens is 3. The molecule has 42 heavy (non-hydrogen) atoms. The van der Waals surface area contributed by atoms with Crippen LogP contribution in [0.1, 0.15) is 57.8 Å². The van der Waals surface area contributed by atoms with Crippen LogP contribution in [0.2, 0.25) is 0 Å². The maximum Gasteiger partial charge on any atom is 0.449 e. The van der Waals surface area contributed by atoms with E-state index in [1.807, 2.05) is 30.3 Å². The Morgan fingerprint density at radius 3 is 2.48 bits per heavy atom. The van der Waals surface area contributed by atoms with Crippen LogP contribution in [0.3, 0.4) is 0 Å². The van der Waals surface area contributed by atoms with Crippen molar-refractivity contribution in [1.82, 2.24) is 24.8 Å². The Labute approximate surface area is 244 Å². The van der Waals surface area contributed by atoms with Gasteiger partial charge in [0.2, 0.25) is 11.7 Å². The third-order valence-corrected chi connectivity index (χ3v) is 8.26. The Kier molecular flexibility index (Phi) is 8.19. The zero-order chi connectivity index (χ0) is 30.2. The van der Waals surface area contributed by atoms with Crippen molar-refractivity contribution in [3.63, 3.8) is 0 Å². The Morgan fingerprint density at radius 1 is 1.07 bits per heavy atom. The van der Waals surface area contributed by atoms with E-state index in [-0.39, 0.29) is 21.4 Å². The number of nitrogens with one attached hydrogen (secondary N) is 1. The topological polar surface area (TPSA) is 110 Å². The van der Waals surface area contributed by atoms with Gasteiger partial charge in [0.1, 0.15) is 11.6 Å². The summed E-state index contributed by atoms with van der Waals surface area (Å²) in [5, 5.41) is 3.19. The SMILES string of the molecule is CC(C)(C)OC(=O)N1CCCC1Cn1c(C(F)(F)F)nc2sc(N3CCCC3C(=O)NCc3ccccc3)nc2c1=O. The van der Waals surface area contributed by atoms with Crippen LogP contribution in [-0.4, -0.2) is 62.2 Å². The van der Waals surface area contributed by atoms with Gasteiger partial charge in [-0.15, -0.1) is 0 Å². The zero-order valence-corrected chi connectivity index (χ0v) is 24.4. The summed E-state index contributed by atoms with van der Waals surface area (Å²) in [6.07, 6.45) is -3.34. The molecule has 14 heteroatoms. The molecule has 2 aliphatic rings. The van der Waals surface area contributed by atoms with E-state index in [9.17, 15) is 27.6 Å². The largest absolute Gasteiger partial charge is 0.449 e. The van der Waals surface area contributed by atoms with Crippen molar-refractivity contribution in [1.29, 1.82) is 0 Å². The van der Waals surface area contributed by atoms with Crippen molar-refractivity contribution in [2.75, 3.05) is 18.0 Å². The van der Waals surface area contributed by atoms with Crippen molar-refractivity contribution in [3.05, 3.63) is 52.1 Å². The number of amides is 2. The van der Waals surface area contributed by atoms with Gasteiger partial charge in [-0.2, -0.15) is 13.2 Å². The second-order valence-electron chi connectivity index (χ2n) is 11.5. The average molecular weight is 607 g/mol. The lowest BCUT2D eigenvalue weighted by Gasteiger charge is -2.29. The van der Waals surface area contributed by atoms with Crippen LogP contribution in [0.15, 0.2) is 35.1 Å². The highest BCUT2D eigenvalue weighted by Gasteiger charge is 2.41. The first kappa shape index (κ1) is 29.8. The molecule has 2 aromatic heterocycles. The molecule has 2 saturated heterocycles. The number of carbonyl (C=O) groups is 2. The highest BCUT2D eigenvalue weighted by molar-refractivity contribution is 7.21. The molecule has 2 amide bonds. The van der Waals surface area contributed by atoms with Crippen LogP contribution in [0, 0.1) is 0 Å². The van der Waals surface area contributed by atoms with E-state index in [4.69, 9.17) is 4.74 Å². The molecule has 4 heterocycles. The number of benzene rings is 1. The summed E-state index contributed by atoms with van der Waals surface area (Å²) in [7, 11) is 0. The van der Waals surface area contributed by atoms with E-state index >= 15 is 0 Å². The molecular formula is C28H33F3N6O4S. The van der Waals surface area contributed by atoms with Gasteiger partial charge in [-0.25, -0.2) is 14.8 Å². The molecule has 0 aliphatic carbocycles. The molecule has 2 unspecified atom stereocenters. The number of ether oxygens (including phenoxy) is 1. The second kappa shape index (κ2) is 11.5. The molecular weight excluding hydrogens is 573 g/mol. The molecule has 1 N–H and O–H groups in total. The fraction of sp³-hybridized carbons (Fsp3) is 0.536. The van der Waals surface area contributed by atoms with E-state index < -0.39 is 47.9 Å². The summed E-state index contributed by atoms with van der Waals surface area (Å²) in [6, 6.07) is 8.18. The van der Waals surface area contributed by atoms with E-state index in [1.165, 1.54) is 4.90 Å². The van der Waals surface area contributed by atoms with Crippen LogP contribution < -0.4 is 15.8 Å². The van der Waals surface area contributed by atoms with Gasteiger partial charge in [0, 0.05) is 26.2 Å². The third kappa shape index (κ3) is 6.37. The molecule has 226 valence electrons. The number of fused-ring (bicyclic) bond motifs is 1. The first-order valence-electron chi connectivity index (χ1n) is 13.9. The third-order valence-electron chi connectivity index (χ3n) is 7.27. The van der Waals surface area contributed by atoms with Crippen LogP contribution in [-0.2, 0) is 28.8 Å². The molecule has 0 bridgehead atoms. The first-order chi connectivity index (χ1) is 19.8. The molecule has 10 nitrogen and oxygen atoms in total. The van der Waals surface area contributed by atoms with Crippen molar-refractivity contribution in [2.45, 2.75) is 83.4 Å². The Hall–Kier alpha value is -3.68. The van der Waals surface area contributed by atoms with Gasteiger partial charge in [-0.05, 0) is 52.0 Å². The van der Waals surface area contributed by atoms with Gasteiger partial charge in [0.15, 0.2) is 15.5 Å². The minimum Gasteiger partial charge on any atom is -0.444 e.